The normalized spacial score (nSPS) is 13.9. The van der Waals surface area contributed by atoms with Gasteiger partial charge in [0.15, 0.2) is 0 Å². The van der Waals surface area contributed by atoms with Crippen LogP contribution in [0, 0.1) is 0 Å². The monoisotopic (exact) mass is 463 g/mol. The van der Waals surface area contributed by atoms with Gasteiger partial charge in [0.1, 0.15) is 0 Å². The zero-order valence-corrected chi connectivity index (χ0v) is 20.3. The van der Waals surface area contributed by atoms with Crippen LogP contribution in [0.3, 0.4) is 0 Å². The first-order valence-electron chi connectivity index (χ1n) is 12.4. The summed E-state index contributed by atoms with van der Waals surface area (Å²) in [6, 6.07) is 36.2. The lowest BCUT2D eigenvalue weighted by Gasteiger charge is -2.20. The van der Waals surface area contributed by atoms with Gasteiger partial charge in [0.05, 0.1) is 22.4 Å². The Hall–Kier alpha value is -4.50. The molecule has 0 spiro atoms. The Bertz CT molecular complexity index is 1750. The second kappa shape index (κ2) is 7.76. The minimum Gasteiger partial charge on any atom is -0.278 e. The molecule has 0 aliphatic heterocycles. The molecule has 0 radical (unpaired) electrons. The molecule has 6 aromatic rings. The molecule has 7 rings (SSSR count). The number of aromatic nitrogens is 3. The van der Waals surface area contributed by atoms with Gasteiger partial charge in [0, 0.05) is 27.3 Å². The number of fused-ring (bicyclic) bond motifs is 4. The Morgan fingerprint density at radius 1 is 0.611 bits per heavy atom. The predicted molar refractivity (Wildman–Crippen MR) is 149 cm³/mol. The predicted octanol–water partition coefficient (Wildman–Crippen LogP) is 8.21. The van der Waals surface area contributed by atoms with Crippen LogP contribution in [-0.2, 0) is 5.41 Å². The molecule has 0 saturated carbocycles. The van der Waals surface area contributed by atoms with Crippen molar-refractivity contribution in [3.8, 4) is 28.3 Å². The summed E-state index contributed by atoms with van der Waals surface area (Å²) in [5.74, 6) is 0.711. The van der Waals surface area contributed by atoms with Crippen molar-refractivity contribution in [2.24, 2.45) is 0 Å². The maximum Gasteiger partial charge on any atom is 0.235 e. The summed E-state index contributed by atoms with van der Waals surface area (Å²) >= 11 is 0. The lowest BCUT2D eigenvalue weighted by Crippen LogP contribution is -2.16. The number of rotatable bonds is 3. The van der Waals surface area contributed by atoms with Crippen molar-refractivity contribution >= 4 is 27.9 Å². The van der Waals surface area contributed by atoms with Crippen molar-refractivity contribution in [2.75, 3.05) is 0 Å². The van der Waals surface area contributed by atoms with E-state index in [1.54, 1.807) is 0 Å². The molecule has 0 unspecified atom stereocenters. The fraction of sp³-hybridized carbons (Fsp3) is 0.0909. The van der Waals surface area contributed by atoms with Crippen molar-refractivity contribution < 1.29 is 0 Å². The fourth-order valence-electron chi connectivity index (χ4n) is 5.41. The molecule has 0 saturated heterocycles. The van der Waals surface area contributed by atoms with E-state index in [1.807, 2.05) is 0 Å². The summed E-state index contributed by atoms with van der Waals surface area (Å²) < 4.78 is 2.21. The molecule has 3 nitrogen and oxygen atoms in total. The third-order valence-corrected chi connectivity index (χ3v) is 7.23. The number of nitrogens with zero attached hydrogens (tertiary/aromatic N) is 3. The molecular formula is C33H25N3. The minimum atomic E-state index is -0.169. The highest BCUT2D eigenvalue weighted by Gasteiger charge is 2.31. The molecule has 2 heterocycles. The van der Waals surface area contributed by atoms with Gasteiger partial charge in [-0.1, -0.05) is 111 Å². The summed E-state index contributed by atoms with van der Waals surface area (Å²) in [7, 11) is 0. The molecule has 172 valence electrons. The van der Waals surface area contributed by atoms with Gasteiger partial charge in [0.2, 0.25) is 5.95 Å². The Morgan fingerprint density at radius 3 is 1.94 bits per heavy atom. The second-order valence-electron chi connectivity index (χ2n) is 10.0. The lowest BCUT2D eigenvalue weighted by atomic mass is 9.90. The van der Waals surface area contributed by atoms with Crippen LogP contribution in [0.1, 0.15) is 25.1 Å². The Balaban J connectivity index is 1.52. The highest BCUT2D eigenvalue weighted by molar-refractivity contribution is 6.09. The molecule has 1 aliphatic rings. The van der Waals surface area contributed by atoms with Crippen molar-refractivity contribution in [3.05, 3.63) is 120 Å². The van der Waals surface area contributed by atoms with Crippen LogP contribution < -0.4 is 0 Å². The first-order valence-corrected chi connectivity index (χ1v) is 12.4. The zero-order chi connectivity index (χ0) is 24.3. The molecule has 0 fully saturated rings. The van der Waals surface area contributed by atoms with Crippen molar-refractivity contribution in [3.63, 3.8) is 0 Å². The molecule has 1 aliphatic carbocycles. The molecule has 0 bridgehead atoms. The van der Waals surface area contributed by atoms with Gasteiger partial charge in [-0.3, -0.25) is 4.57 Å². The molecule has 2 aromatic heterocycles. The molecule has 0 N–H and O–H groups in total. The van der Waals surface area contributed by atoms with Crippen molar-refractivity contribution in [2.45, 2.75) is 19.3 Å². The van der Waals surface area contributed by atoms with Crippen molar-refractivity contribution in [1.82, 2.24) is 14.5 Å². The average molecular weight is 464 g/mol. The SMILES string of the molecule is CC1(C)C=Cc2c(-c3cccc(-c4ccccc4)c3)nc(-n3c4ccccc4c4ccccc43)nc21. The highest BCUT2D eigenvalue weighted by atomic mass is 15.2. The van der Waals surface area contributed by atoms with E-state index in [1.165, 1.54) is 21.9 Å². The minimum absolute atomic E-state index is 0.169. The zero-order valence-electron chi connectivity index (χ0n) is 20.3. The molecular weight excluding hydrogens is 438 g/mol. The summed E-state index contributed by atoms with van der Waals surface area (Å²) in [5, 5.41) is 2.42. The number of hydrogen-bond donors (Lipinski definition) is 0. The van der Waals surface area contributed by atoms with E-state index >= 15 is 0 Å². The highest BCUT2D eigenvalue weighted by Crippen LogP contribution is 2.40. The lowest BCUT2D eigenvalue weighted by molar-refractivity contribution is 0.651. The summed E-state index contributed by atoms with van der Waals surface area (Å²) in [4.78, 5) is 10.5. The van der Waals surface area contributed by atoms with Crippen LogP contribution in [0.4, 0.5) is 0 Å². The molecule has 4 aromatic carbocycles. The van der Waals surface area contributed by atoms with Gasteiger partial charge in [0.25, 0.3) is 0 Å². The number of benzene rings is 4. The van der Waals surface area contributed by atoms with E-state index in [-0.39, 0.29) is 5.41 Å². The smallest absolute Gasteiger partial charge is 0.235 e. The maximum atomic E-state index is 5.26. The van der Waals surface area contributed by atoms with Crippen LogP contribution >= 0.6 is 0 Å². The van der Waals surface area contributed by atoms with Gasteiger partial charge in [-0.05, 0) is 29.3 Å². The first kappa shape index (κ1) is 20.8. The maximum absolute atomic E-state index is 5.26. The molecule has 36 heavy (non-hydrogen) atoms. The van der Waals surface area contributed by atoms with Gasteiger partial charge >= 0.3 is 0 Å². The van der Waals surface area contributed by atoms with Crippen molar-refractivity contribution in [1.29, 1.82) is 0 Å². The summed E-state index contributed by atoms with van der Waals surface area (Å²) in [6.45, 7) is 4.45. The van der Waals surface area contributed by atoms with Crippen LogP contribution in [0.2, 0.25) is 0 Å². The van der Waals surface area contributed by atoms with Gasteiger partial charge in [-0.15, -0.1) is 0 Å². The van der Waals surface area contributed by atoms with E-state index in [2.05, 4.69) is 134 Å². The Labute approximate surface area is 210 Å². The van der Waals surface area contributed by atoms with Gasteiger partial charge in [-0.25, -0.2) is 9.97 Å². The van der Waals surface area contributed by atoms with E-state index < -0.39 is 0 Å². The first-order chi connectivity index (χ1) is 17.6. The third kappa shape index (κ3) is 3.13. The van der Waals surface area contributed by atoms with Gasteiger partial charge in [-0.2, -0.15) is 0 Å². The average Bonchev–Trinajstić information content (AvgIpc) is 3.43. The van der Waals surface area contributed by atoms with Crippen LogP contribution in [0.15, 0.2) is 109 Å². The topological polar surface area (TPSA) is 30.7 Å². The van der Waals surface area contributed by atoms with Crippen LogP contribution in [0.25, 0.3) is 56.2 Å². The molecule has 3 heteroatoms. The summed E-state index contributed by atoms with van der Waals surface area (Å²) in [5.41, 5.74) is 8.68. The van der Waals surface area contributed by atoms with E-state index in [4.69, 9.17) is 9.97 Å². The Morgan fingerprint density at radius 2 is 1.22 bits per heavy atom. The third-order valence-electron chi connectivity index (χ3n) is 7.23. The largest absolute Gasteiger partial charge is 0.278 e. The number of allylic oxidation sites excluding steroid dienone is 1. The quantitative estimate of drug-likeness (QED) is 0.265. The van der Waals surface area contributed by atoms with E-state index in [9.17, 15) is 0 Å². The molecule has 0 atom stereocenters. The van der Waals surface area contributed by atoms with Crippen LogP contribution in [-0.4, -0.2) is 14.5 Å². The standard InChI is InChI=1S/C33H25N3/c1-33(2)20-19-27-30(24-14-10-13-23(21-24)22-11-4-3-5-12-22)34-32(35-31(27)33)36-28-17-8-6-15-25(28)26-16-7-9-18-29(26)36/h3-21H,1-2H3. The van der Waals surface area contributed by atoms with Gasteiger partial charge < -0.3 is 0 Å². The molecule has 0 amide bonds. The summed E-state index contributed by atoms with van der Waals surface area (Å²) in [6.07, 6.45) is 4.43. The van der Waals surface area contributed by atoms with E-state index in [0.29, 0.717) is 5.95 Å². The second-order valence-corrected chi connectivity index (χ2v) is 10.0. The number of hydrogen-bond acceptors (Lipinski definition) is 2. The Kier molecular flexibility index (Phi) is 4.49. The van der Waals surface area contributed by atoms with E-state index in [0.717, 1.165) is 33.5 Å². The number of para-hydroxylation sites is 2. The fourth-order valence-corrected chi connectivity index (χ4v) is 5.41. The van der Waals surface area contributed by atoms with Crippen LogP contribution in [0.5, 0.6) is 0 Å².